The van der Waals surface area contributed by atoms with E-state index in [1.165, 1.54) is 0 Å². The summed E-state index contributed by atoms with van der Waals surface area (Å²) < 4.78 is 2.11. The molecule has 1 amide bonds. The van der Waals surface area contributed by atoms with E-state index in [0.29, 0.717) is 12.3 Å². The quantitative estimate of drug-likeness (QED) is 0.745. The second kappa shape index (κ2) is 6.07. The van der Waals surface area contributed by atoms with Gasteiger partial charge in [0, 0.05) is 32.3 Å². The van der Waals surface area contributed by atoms with Crippen LogP contribution in [0.25, 0.3) is 11.0 Å². The standard InChI is InChI=1S/C19H20N4O/c1-22-17-12-20-9-7-16(17)21-19(22)15-8-10-23(13-15)18(24)11-14-5-3-2-4-6-14/h2-7,9,12,15H,8,10-11,13H2,1H3/t15-/m0/s1. The maximum Gasteiger partial charge on any atom is 0.227 e. The van der Waals surface area contributed by atoms with Crippen LogP contribution in [0, 0.1) is 0 Å². The van der Waals surface area contributed by atoms with Crippen molar-refractivity contribution in [2.75, 3.05) is 13.1 Å². The summed E-state index contributed by atoms with van der Waals surface area (Å²) in [5.41, 5.74) is 3.08. The molecule has 1 aliphatic rings. The molecule has 0 unspecified atom stereocenters. The van der Waals surface area contributed by atoms with Gasteiger partial charge in [0.25, 0.3) is 0 Å². The smallest absolute Gasteiger partial charge is 0.227 e. The first kappa shape index (κ1) is 14.9. The van der Waals surface area contributed by atoms with Crippen molar-refractivity contribution in [3.05, 3.63) is 60.2 Å². The topological polar surface area (TPSA) is 51.0 Å². The first-order valence-electron chi connectivity index (χ1n) is 8.30. The Morgan fingerprint density at radius 2 is 2.08 bits per heavy atom. The van der Waals surface area contributed by atoms with Crippen molar-refractivity contribution in [1.82, 2.24) is 19.4 Å². The van der Waals surface area contributed by atoms with Gasteiger partial charge >= 0.3 is 0 Å². The Morgan fingerprint density at radius 1 is 1.25 bits per heavy atom. The monoisotopic (exact) mass is 320 g/mol. The second-order valence-corrected chi connectivity index (χ2v) is 6.38. The van der Waals surface area contributed by atoms with Crippen LogP contribution in [0.5, 0.6) is 0 Å². The van der Waals surface area contributed by atoms with Crippen LogP contribution in [0.1, 0.15) is 23.7 Å². The molecule has 0 aliphatic carbocycles. The molecule has 1 saturated heterocycles. The molecule has 1 aromatic carbocycles. The van der Waals surface area contributed by atoms with Gasteiger partial charge < -0.3 is 9.47 Å². The molecule has 3 aromatic rings. The summed E-state index contributed by atoms with van der Waals surface area (Å²) >= 11 is 0. The minimum absolute atomic E-state index is 0.198. The number of likely N-dealkylation sites (tertiary alicyclic amines) is 1. The molecule has 0 radical (unpaired) electrons. The number of fused-ring (bicyclic) bond motifs is 1. The van der Waals surface area contributed by atoms with Crippen molar-refractivity contribution in [1.29, 1.82) is 0 Å². The normalized spacial score (nSPS) is 17.5. The Hall–Kier alpha value is -2.69. The van der Waals surface area contributed by atoms with Crippen LogP contribution in [0.3, 0.4) is 0 Å². The maximum atomic E-state index is 12.5. The van der Waals surface area contributed by atoms with E-state index in [1.54, 1.807) is 6.20 Å². The molecule has 24 heavy (non-hydrogen) atoms. The molecular weight excluding hydrogens is 300 g/mol. The van der Waals surface area contributed by atoms with E-state index in [2.05, 4.69) is 9.55 Å². The zero-order valence-electron chi connectivity index (χ0n) is 13.7. The lowest BCUT2D eigenvalue weighted by atomic mass is 10.1. The van der Waals surface area contributed by atoms with Crippen molar-refractivity contribution in [2.45, 2.75) is 18.8 Å². The molecule has 5 heteroatoms. The fraction of sp³-hybridized carbons (Fsp3) is 0.316. The summed E-state index contributed by atoms with van der Waals surface area (Å²) in [7, 11) is 2.03. The Balaban J connectivity index is 1.49. The van der Waals surface area contributed by atoms with Crippen LogP contribution in [0.4, 0.5) is 0 Å². The Morgan fingerprint density at radius 3 is 2.88 bits per heavy atom. The molecule has 0 bridgehead atoms. The maximum absolute atomic E-state index is 12.5. The number of carbonyl (C=O) groups is 1. The van der Waals surface area contributed by atoms with Gasteiger partial charge in [-0.3, -0.25) is 9.78 Å². The summed E-state index contributed by atoms with van der Waals surface area (Å²) in [6.07, 6.45) is 5.05. The molecule has 1 aliphatic heterocycles. The first-order valence-corrected chi connectivity index (χ1v) is 8.30. The predicted molar refractivity (Wildman–Crippen MR) is 92.6 cm³/mol. The van der Waals surface area contributed by atoms with Gasteiger partial charge in [0.15, 0.2) is 0 Å². The van der Waals surface area contributed by atoms with Crippen LogP contribution >= 0.6 is 0 Å². The Labute approximate surface area is 140 Å². The van der Waals surface area contributed by atoms with Gasteiger partial charge in [-0.05, 0) is 18.1 Å². The van der Waals surface area contributed by atoms with E-state index in [-0.39, 0.29) is 5.91 Å². The van der Waals surface area contributed by atoms with Gasteiger partial charge in [-0.1, -0.05) is 30.3 Å². The van der Waals surface area contributed by atoms with E-state index in [1.807, 2.05) is 54.5 Å². The molecule has 0 N–H and O–H groups in total. The first-order chi connectivity index (χ1) is 11.7. The lowest BCUT2D eigenvalue weighted by Gasteiger charge is -2.16. The zero-order chi connectivity index (χ0) is 16.5. The van der Waals surface area contributed by atoms with E-state index in [0.717, 1.165) is 41.9 Å². The van der Waals surface area contributed by atoms with Crippen LogP contribution in [-0.2, 0) is 18.3 Å². The Kier molecular flexibility index (Phi) is 3.76. The van der Waals surface area contributed by atoms with Gasteiger partial charge in [0.05, 0.1) is 23.7 Å². The summed E-state index contributed by atoms with van der Waals surface area (Å²) in [5.74, 6) is 1.54. The van der Waals surface area contributed by atoms with E-state index >= 15 is 0 Å². The third kappa shape index (κ3) is 2.66. The average molecular weight is 320 g/mol. The van der Waals surface area contributed by atoms with Crippen LogP contribution < -0.4 is 0 Å². The summed E-state index contributed by atoms with van der Waals surface area (Å²) in [4.78, 5) is 23.4. The number of nitrogens with zero attached hydrogens (tertiary/aromatic N) is 4. The van der Waals surface area contributed by atoms with Gasteiger partial charge in [0.1, 0.15) is 5.82 Å². The highest BCUT2D eigenvalue weighted by atomic mass is 16.2. The second-order valence-electron chi connectivity index (χ2n) is 6.38. The highest BCUT2D eigenvalue weighted by molar-refractivity contribution is 5.79. The molecule has 0 saturated carbocycles. The number of aromatic nitrogens is 3. The molecule has 1 atom stereocenters. The molecule has 2 aromatic heterocycles. The zero-order valence-corrected chi connectivity index (χ0v) is 13.7. The number of benzene rings is 1. The summed E-state index contributed by atoms with van der Waals surface area (Å²) in [5, 5.41) is 0. The fourth-order valence-electron chi connectivity index (χ4n) is 3.50. The molecule has 3 heterocycles. The van der Waals surface area contributed by atoms with Crippen molar-refractivity contribution in [3.63, 3.8) is 0 Å². The van der Waals surface area contributed by atoms with Gasteiger partial charge in [-0.15, -0.1) is 0 Å². The van der Waals surface area contributed by atoms with Crippen molar-refractivity contribution in [2.24, 2.45) is 7.05 Å². The summed E-state index contributed by atoms with van der Waals surface area (Å²) in [6.45, 7) is 1.55. The number of carbonyl (C=O) groups excluding carboxylic acids is 1. The molecule has 4 rings (SSSR count). The van der Waals surface area contributed by atoms with Gasteiger partial charge in [0.2, 0.25) is 5.91 Å². The highest BCUT2D eigenvalue weighted by Gasteiger charge is 2.30. The number of hydrogen-bond donors (Lipinski definition) is 0. The van der Waals surface area contributed by atoms with E-state index in [9.17, 15) is 4.79 Å². The van der Waals surface area contributed by atoms with Crippen LogP contribution in [0.15, 0.2) is 48.8 Å². The SMILES string of the molecule is Cn1c([C@H]2CCN(C(=O)Cc3ccccc3)C2)nc2ccncc21. The van der Waals surface area contributed by atoms with Crippen molar-refractivity contribution in [3.8, 4) is 0 Å². The number of pyridine rings is 1. The molecule has 0 spiro atoms. The molecular formula is C19H20N4O. The molecule has 122 valence electrons. The van der Waals surface area contributed by atoms with Crippen molar-refractivity contribution < 1.29 is 4.79 Å². The van der Waals surface area contributed by atoms with Crippen LogP contribution in [-0.4, -0.2) is 38.4 Å². The highest BCUT2D eigenvalue weighted by Crippen LogP contribution is 2.28. The number of rotatable bonds is 3. The largest absolute Gasteiger partial charge is 0.342 e. The third-order valence-corrected chi connectivity index (χ3v) is 4.82. The Bertz CT molecular complexity index is 871. The van der Waals surface area contributed by atoms with Crippen molar-refractivity contribution >= 4 is 16.9 Å². The van der Waals surface area contributed by atoms with E-state index in [4.69, 9.17) is 4.98 Å². The van der Waals surface area contributed by atoms with Gasteiger partial charge in [-0.2, -0.15) is 0 Å². The van der Waals surface area contributed by atoms with Crippen LogP contribution in [0.2, 0.25) is 0 Å². The predicted octanol–water partition coefficient (Wildman–Crippen LogP) is 2.53. The minimum atomic E-state index is 0.198. The molecule has 5 nitrogen and oxygen atoms in total. The third-order valence-electron chi connectivity index (χ3n) is 4.82. The van der Waals surface area contributed by atoms with E-state index < -0.39 is 0 Å². The lowest BCUT2D eigenvalue weighted by molar-refractivity contribution is -0.129. The lowest BCUT2D eigenvalue weighted by Crippen LogP contribution is -2.30. The summed E-state index contributed by atoms with van der Waals surface area (Å²) in [6, 6.07) is 11.9. The number of amides is 1. The minimum Gasteiger partial charge on any atom is -0.342 e. The average Bonchev–Trinajstić information content (AvgIpc) is 3.21. The fourth-order valence-corrected chi connectivity index (χ4v) is 3.50. The number of aryl methyl sites for hydroxylation is 1. The van der Waals surface area contributed by atoms with Gasteiger partial charge in [-0.25, -0.2) is 4.98 Å². The number of hydrogen-bond acceptors (Lipinski definition) is 3. The molecule has 1 fully saturated rings. The number of imidazole rings is 1.